The molecule has 1 aromatic rings. The Morgan fingerprint density at radius 3 is 2.00 bits per heavy atom. The van der Waals surface area contributed by atoms with Gasteiger partial charge in [-0.25, -0.2) is 4.57 Å². The third-order valence-electron chi connectivity index (χ3n) is 3.55. The SMILES string of the molecule is CCCCCCCC[n+]1ccc(CCCC)cc1.[C-]#N. The van der Waals surface area contributed by atoms with Crippen LogP contribution >= 0.6 is 0 Å². The van der Waals surface area contributed by atoms with Crippen LogP contribution in [0, 0.1) is 11.8 Å². The highest BCUT2D eigenvalue weighted by Crippen LogP contribution is 2.05. The molecule has 0 amide bonds. The fraction of sp³-hybridized carbons (Fsp3) is 0.667. The van der Waals surface area contributed by atoms with Crippen molar-refractivity contribution >= 4 is 0 Å². The van der Waals surface area contributed by atoms with Gasteiger partial charge < -0.3 is 11.8 Å². The van der Waals surface area contributed by atoms with E-state index in [0.717, 1.165) is 0 Å². The zero-order chi connectivity index (χ0) is 15.1. The molecule has 0 atom stereocenters. The van der Waals surface area contributed by atoms with Crippen molar-refractivity contribution in [1.82, 2.24) is 0 Å². The Kier molecular flexibility index (Phi) is 13.1. The first kappa shape index (κ1) is 18.6. The summed E-state index contributed by atoms with van der Waals surface area (Å²) in [5.41, 5.74) is 1.48. The van der Waals surface area contributed by atoms with Crippen LogP contribution in [0.2, 0.25) is 0 Å². The van der Waals surface area contributed by atoms with Gasteiger partial charge in [-0.1, -0.05) is 46.0 Å². The first-order valence-corrected chi connectivity index (χ1v) is 8.07. The molecule has 0 aliphatic rings. The average Bonchev–Trinajstić information content (AvgIpc) is 2.52. The Morgan fingerprint density at radius 1 is 0.850 bits per heavy atom. The molecule has 0 aliphatic carbocycles. The highest BCUT2D eigenvalue weighted by Gasteiger charge is 2.00. The minimum Gasteiger partial charge on any atom is -0.512 e. The standard InChI is InChI=1S/C17H30N.CN/c1-3-5-7-8-9-10-14-18-15-12-17(13-16-18)11-6-4-2;1-2/h12-13,15-16H,3-11,14H2,1-2H3;/q+1;-1. The van der Waals surface area contributed by atoms with Crippen LogP contribution < -0.4 is 4.57 Å². The van der Waals surface area contributed by atoms with Gasteiger partial charge in [0, 0.05) is 18.6 Å². The summed E-state index contributed by atoms with van der Waals surface area (Å²) >= 11 is 0. The fourth-order valence-electron chi connectivity index (χ4n) is 2.26. The van der Waals surface area contributed by atoms with Crippen molar-refractivity contribution in [3.63, 3.8) is 0 Å². The smallest absolute Gasteiger partial charge is 0.169 e. The van der Waals surface area contributed by atoms with Crippen LogP contribution in [0.3, 0.4) is 0 Å². The van der Waals surface area contributed by atoms with E-state index in [2.05, 4.69) is 42.9 Å². The highest BCUT2D eigenvalue weighted by atomic mass is 14.9. The summed E-state index contributed by atoms with van der Waals surface area (Å²) in [5, 5.41) is 6.25. The molecule has 0 spiro atoms. The van der Waals surface area contributed by atoms with Gasteiger partial charge in [-0.05, 0) is 24.8 Å². The van der Waals surface area contributed by atoms with E-state index in [1.165, 1.54) is 69.9 Å². The molecular formula is C18H30N2. The number of hydrogen-bond donors (Lipinski definition) is 0. The van der Waals surface area contributed by atoms with Crippen molar-refractivity contribution in [2.24, 2.45) is 0 Å². The van der Waals surface area contributed by atoms with Crippen LogP contribution in [0.4, 0.5) is 0 Å². The van der Waals surface area contributed by atoms with Gasteiger partial charge in [0.25, 0.3) is 0 Å². The van der Waals surface area contributed by atoms with Gasteiger partial charge in [-0.2, -0.15) is 0 Å². The Bertz CT molecular complexity index is 327. The van der Waals surface area contributed by atoms with Crippen molar-refractivity contribution < 1.29 is 4.57 Å². The van der Waals surface area contributed by atoms with E-state index < -0.39 is 0 Å². The molecule has 2 nitrogen and oxygen atoms in total. The van der Waals surface area contributed by atoms with Crippen LogP contribution in [0.5, 0.6) is 0 Å². The number of pyridine rings is 1. The summed E-state index contributed by atoms with van der Waals surface area (Å²) < 4.78 is 2.33. The van der Waals surface area contributed by atoms with Gasteiger partial charge in [0.15, 0.2) is 12.4 Å². The Morgan fingerprint density at radius 2 is 1.40 bits per heavy atom. The van der Waals surface area contributed by atoms with E-state index in [0.29, 0.717) is 0 Å². The zero-order valence-corrected chi connectivity index (χ0v) is 13.3. The lowest BCUT2D eigenvalue weighted by Crippen LogP contribution is -2.32. The minimum atomic E-state index is 1.18. The van der Waals surface area contributed by atoms with Crippen LogP contribution in [0.25, 0.3) is 0 Å². The molecule has 1 heterocycles. The maximum absolute atomic E-state index is 6.25. The predicted octanol–water partition coefficient (Wildman–Crippen LogP) is 4.77. The molecule has 0 saturated carbocycles. The van der Waals surface area contributed by atoms with E-state index in [9.17, 15) is 0 Å². The Hall–Kier alpha value is -1.36. The summed E-state index contributed by atoms with van der Waals surface area (Å²) in [7, 11) is 0. The molecule has 0 N–H and O–H groups in total. The lowest BCUT2D eigenvalue weighted by atomic mass is 10.1. The molecule has 1 aromatic heterocycles. The molecule has 112 valence electrons. The number of unbranched alkanes of at least 4 members (excludes halogenated alkanes) is 6. The molecule has 0 aromatic carbocycles. The molecule has 0 radical (unpaired) electrons. The molecule has 1 rings (SSSR count). The second kappa shape index (κ2) is 14.1. The normalized spacial score (nSPS) is 9.80. The Balaban J connectivity index is 0.00000172. The van der Waals surface area contributed by atoms with E-state index in [1.807, 2.05) is 0 Å². The highest BCUT2D eigenvalue weighted by molar-refractivity contribution is 5.06. The van der Waals surface area contributed by atoms with Gasteiger partial charge in [-0.15, -0.1) is 0 Å². The number of hydrogen-bond acceptors (Lipinski definition) is 1. The lowest BCUT2D eigenvalue weighted by Gasteiger charge is -2.01. The Labute approximate surface area is 125 Å². The summed E-state index contributed by atoms with van der Waals surface area (Å²) in [6, 6.07) is 4.57. The van der Waals surface area contributed by atoms with Crippen molar-refractivity contribution in [3.8, 4) is 0 Å². The van der Waals surface area contributed by atoms with Gasteiger partial charge in [0.05, 0.1) is 0 Å². The third-order valence-corrected chi connectivity index (χ3v) is 3.55. The maximum atomic E-state index is 6.25. The largest absolute Gasteiger partial charge is 0.512 e. The molecule has 2 heteroatoms. The zero-order valence-electron chi connectivity index (χ0n) is 13.3. The molecule has 20 heavy (non-hydrogen) atoms. The van der Waals surface area contributed by atoms with Crippen LogP contribution in [0.1, 0.15) is 70.8 Å². The second-order valence-corrected chi connectivity index (χ2v) is 5.32. The van der Waals surface area contributed by atoms with E-state index in [-0.39, 0.29) is 0 Å². The number of aromatic nitrogens is 1. The van der Waals surface area contributed by atoms with Crippen LogP contribution in [-0.4, -0.2) is 0 Å². The van der Waals surface area contributed by atoms with Gasteiger partial charge >= 0.3 is 0 Å². The lowest BCUT2D eigenvalue weighted by molar-refractivity contribution is -0.697. The topological polar surface area (TPSA) is 27.7 Å². The summed E-state index contributed by atoms with van der Waals surface area (Å²) in [5.74, 6) is 0. The quantitative estimate of drug-likeness (QED) is 0.343. The summed E-state index contributed by atoms with van der Waals surface area (Å²) in [6.45, 7) is 10.5. The van der Waals surface area contributed by atoms with Crippen LogP contribution in [0.15, 0.2) is 24.5 Å². The maximum Gasteiger partial charge on any atom is 0.169 e. The third kappa shape index (κ3) is 9.55. The first-order chi connectivity index (χ1) is 9.86. The summed E-state index contributed by atoms with van der Waals surface area (Å²) in [6.07, 6.45) is 16.6. The van der Waals surface area contributed by atoms with Crippen molar-refractivity contribution in [3.05, 3.63) is 36.7 Å². The molecule has 0 saturated heterocycles. The molecule has 0 aliphatic heterocycles. The second-order valence-electron chi connectivity index (χ2n) is 5.32. The fourth-order valence-corrected chi connectivity index (χ4v) is 2.26. The molecule has 0 fully saturated rings. The number of rotatable bonds is 10. The molecular weight excluding hydrogens is 244 g/mol. The predicted molar refractivity (Wildman–Crippen MR) is 83.6 cm³/mol. The number of nitrogens with zero attached hydrogens (tertiary/aromatic N) is 2. The van der Waals surface area contributed by atoms with Crippen molar-refractivity contribution in [2.45, 2.75) is 78.2 Å². The molecule has 0 unspecified atom stereocenters. The number of aryl methyl sites for hydroxylation is 2. The average molecular weight is 274 g/mol. The minimum absolute atomic E-state index is 1.18. The van der Waals surface area contributed by atoms with E-state index in [1.54, 1.807) is 0 Å². The van der Waals surface area contributed by atoms with Crippen LogP contribution in [-0.2, 0) is 13.0 Å². The summed E-state index contributed by atoms with van der Waals surface area (Å²) in [4.78, 5) is 0. The van der Waals surface area contributed by atoms with Gasteiger partial charge in [0.1, 0.15) is 6.54 Å². The van der Waals surface area contributed by atoms with Crippen molar-refractivity contribution in [1.29, 1.82) is 5.26 Å². The monoisotopic (exact) mass is 274 g/mol. The van der Waals surface area contributed by atoms with E-state index >= 15 is 0 Å². The van der Waals surface area contributed by atoms with Gasteiger partial charge in [0.2, 0.25) is 0 Å². The van der Waals surface area contributed by atoms with Crippen molar-refractivity contribution in [2.75, 3.05) is 0 Å². The van der Waals surface area contributed by atoms with E-state index in [4.69, 9.17) is 11.8 Å². The molecule has 0 bridgehead atoms. The van der Waals surface area contributed by atoms with Gasteiger partial charge in [-0.3, -0.25) is 0 Å². The first-order valence-electron chi connectivity index (χ1n) is 8.07.